The van der Waals surface area contributed by atoms with Crippen LogP contribution in [-0.2, 0) is 0 Å². The molecule has 0 unspecified atom stereocenters. The summed E-state index contributed by atoms with van der Waals surface area (Å²) < 4.78 is 10.8. The van der Waals surface area contributed by atoms with E-state index in [4.69, 9.17) is 21.0 Å². The van der Waals surface area contributed by atoms with E-state index in [1.165, 1.54) is 14.2 Å². The molecule has 4 rings (SSSR count). The molecule has 0 fully saturated rings. The van der Waals surface area contributed by atoms with Gasteiger partial charge < -0.3 is 9.47 Å². The summed E-state index contributed by atoms with van der Waals surface area (Å²) in [5.41, 5.74) is 4.07. The maximum atomic E-state index is 9.43. The van der Waals surface area contributed by atoms with Crippen molar-refractivity contribution < 1.29 is 9.47 Å². The van der Waals surface area contributed by atoms with Gasteiger partial charge in [-0.15, -0.1) is 0 Å². The Bertz CT molecular complexity index is 1380. The van der Waals surface area contributed by atoms with E-state index >= 15 is 0 Å². The number of aryl methyl sites for hydroxylation is 2. The van der Waals surface area contributed by atoms with Crippen molar-refractivity contribution in [3.8, 4) is 17.7 Å². The van der Waals surface area contributed by atoms with Crippen LogP contribution in [0.1, 0.15) is 17.0 Å². The summed E-state index contributed by atoms with van der Waals surface area (Å²) in [5, 5.41) is 11.7. The quantitative estimate of drug-likeness (QED) is 0.385. The van der Waals surface area contributed by atoms with Crippen molar-refractivity contribution in [3.05, 3.63) is 46.6 Å². The van der Waals surface area contributed by atoms with Crippen molar-refractivity contribution in [1.29, 1.82) is 5.26 Å². The van der Waals surface area contributed by atoms with Gasteiger partial charge in [0.25, 0.3) is 5.88 Å². The van der Waals surface area contributed by atoms with Gasteiger partial charge in [0.2, 0.25) is 5.69 Å². The molecule has 0 radical (unpaired) electrons. The maximum Gasteiger partial charge on any atom is 0.257 e. The molecule has 0 aliphatic rings. The Hall–Kier alpha value is -3.97. The number of ether oxygens (including phenoxy) is 2. The molecule has 7 heteroatoms. The Kier molecular flexibility index (Phi) is 3.94. The van der Waals surface area contributed by atoms with E-state index in [0.717, 1.165) is 16.6 Å². The number of fused-ring (bicyclic) bond motifs is 6. The summed E-state index contributed by atoms with van der Waals surface area (Å²) in [6.07, 6.45) is 0. The van der Waals surface area contributed by atoms with Gasteiger partial charge in [0, 0.05) is 21.9 Å². The molecular formula is C21H15N5O2. The van der Waals surface area contributed by atoms with Gasteiger partial charge in [0.05, 0.1) is 37.3 Å². The van der Waals surface area contributed by atoms with Gasteiger partial charge in [-0.05, 0) is 37.6 Å². The number of hydrogen-bond acceptors (Lipinski definition) is 6. The van der Waals surface area contributed by atoms with E-state index < -0.39 is 0 Å². The largest absolute Gasteiger partial charge is 0.491 e. The Morgan fingerprint density at radius 2 is 1.57 bits per heavy atom. The topological polar surface area (TPSA) is 85.3 Å². The zero-order valence-electron chi connectivity index (χ0n) is 15.8. The lowest BCUT2D eigenvalue weighted by Gasteiger charge is -2.14. The first-order chi connectivity index (χ1) is 13.5. The smallest absolute Gasteiger partial charge is 0.257 e. The van der Waals surface area contributed by atoms with Crippen LogP contribution in [-0.4, -0.2) is 29.2 Å². The standard InChI is InChI=1S/C21H15N5O2/c1-10-6-12-18(24-11(10)2)13-7-15(23-3)16(9-22)25-19(13)14-8-17(27-4)21(28-5)26-20(12)14/h6-8H,1-2,4-5H3. The minimum atomic E-state index is 0.0711. The number of rotatable bonds is 2. The van der Waals surface area contributed by atoms with E-state index in [1.807, 2.05) is 26.0 Å². The Morgan fingerprint density at radius 3 is 2.21 bits per heavy atom. The van der Waals surface area contributed by atoms with Gasteiger partial charge in [-0.25, -0.2) is 14.8 Å². The van der Waals surface area contributed by atoms with Crippen LogP contribution in [0.25, 0.3) is 37.6 Å². The molecule has 3 aromatic heterocycles. The summed E-state index contributed by atoms with van der Waals surface area (Å²) in [4.78, 5) is 17.3. The molecule has 0 saturated heterocycles. The predicted octanol–water partition coefficient (Wildman–Crippen LogP) is 4.39. The molecule has 0 bridgehead atoms. The number of nitrogens with zero attached hydrogens (tertiary/aromatic N) is 5. The van der Waals surface area contributed by atoms with E-state index in [9.17, 15) is 5.26 Å². The molecule has 1 aromatic carbocycles. The molecule has 3 heterocycles. The highest BCUT2D eigenvalue weighted by Crippen LogP contribution is 2.39. The van der Waals surface area contributed by atoms with Crippen LogP contribution in [0.4, 0.5) is 5.69 Å². The number of aromatic nitrogens is 3. The Morgan fingerprint density at radius 1 is 0.929 bits per heavy atom. The second-order valence-corrected chi connectivity index (χ2v) is 6.36. The monoisotopic (exact) mass is 369 g/mol. The van der Waals surface area contributed by atoms with Crippen molar-refractivity contribution in [3.63, 3.8) is 0 Å². The molecule has 28 heavy (non-hydrogen) atoms. The van der Waals surface area contributed by atoms with E-state index in [2.05, 4.69) is 14.8 Å². The lowest BCUT2D eigenvalue weighted by atomic mass is 10.0. The summed E-state index contributed by atoms with van der Waals surface area (Å²) in [6.45, 7) is 11.3. The molecule has 0 aliphatic heterocycles. The number of pyridine rings is 3. The molecule has 0 atom stereocenters. The summed E-state index contributed by atoms with van der Waals surface area (Å²) >= 11 is 0. The fourth-order valence-electron chi connectivity index (χ4n) is 3.30. The van der Waals surface area contributed by atoms with Crippen LogP contribution >= 0.6 is 0 Å². The SMILES string of the molecule is [C-]#[N+]c1cc2c3nc(C)c(C)cc3c3nc(OC)c(OC)cc3c2nc1C#N. The molecule has 0 spiro atoms. The van der Waals surface area contributed by atoms with Crippen LogP contribution < -0.4 is 9.47 Å². The van der Waals surface area contributed by atoms with Gasteiger partial charge in [-0.3, -0.25) is 4.98 Å². The zero-order valence-corrected chi connectivity index (χ0v) is 15.8. The fourth-order valence-corrected chi connectivity index (χ4v) is 3.30. The highest BCUT2D eigenvalue weighted by molar-refractivity contribution is 6.22. The third-order valence-corrected chi connectivity index (χ3v) is 4.83. The number of nitriles is 1. The van der Waals surface area contributed by atoms with Crippen LogP contribution in [0.15, 0.2) is 18.2 Å². The normalized spacial score (nSPS) is 10.8. The molecular weight excluding hydrogens is 354 g/mol. The van der Waals surface area contributed by atoms with Gasteiger partial charge in [-0.1, -0.05) is 0 Å². The van der Waals surface area contributed by atoms with Crippen LogP contribution in [0.5, 0.6) is 11.6 Å². The van der Waals surface area contributed by atoms with Gasteiger partial charge in [0.1, 0.15) is 11.8 Å². The minimum Gasteiger partial charge on any atom is -0.491 e. The second kappa shape index (κ2) is 6.33. The van der Waals surface area contributed by atoms with Crippen molar-refractivity contribution in [2.75, 3.05) is 14.2 Å². The number of benzene rings is 1. The summed E-state index contributed by atoms with van der Waals surface area (Å²) in [7, 11) is 3.07. The highest BCUT2D eigenvalue weighted by Gasteiger charge is 2.19. The second-order valence-electron chi connectivity index (χ2n) is 6.36. The van der Waals surface area contributed by atoms with Crippen LogP contribution in [0.3, 0.4) is 0 Å². The highest BCUT2D eigenvalue weighted by atomic mass is 16.5. The molecule has 0 N–H and O–H groups in total. The molecule has 0 saturated carbocycles. The van der Waals surface area contributed by atoms with Crippen molar-refractivity contribution in [1.82, 2.24) is 15.0 Å². The molecule has 0 aliphatic carbocycles. The van der Waals surface area contributed by atoms with Crippen LogP contribution in [0.2, 0.25) is 0 Å². The van der Waals surface area contributed by atoms with Crippen molar-refractivity contribution in [2.24, 2.45) is 0 Å². The third kappa shape index (κ3) is 2.38. The minimum absolute atomic E-state index is 0.0711. The van der Waals surface area contributed by atoms with Crippen molar-refractivity contribution >= 4 is 38.4 Å². The van der Waals surface area contributed by atoms with E-state index in [-0.39, 0.29) is 11.4 Å². The van der Waals surface area contributed by atoms with E-state index in [0.29, 0.717) is 39.0 Å². The average molecular weight is 369 g/mol. The van der Waals surface area contributed by atoms with Gasteiger partial charge in [-0.2, -0.15) is 5.26 Å². The molecule has 0 amide bonds. The first kappa shape index (κ1) is 17.4. The first-order valence-electron chi connectivity index (χ1n) is 8.47. The average Bonchev–Trinajstić information content (AvgIpc) is 2.73. The molecule has 136 valence electrons. The third-order valence-electron chi connectivity index (χ3n) is 4.83. The summed E-state index contributed by atoms with van der Waals surface area (Å²) in [5.74, 6) is 0.814. The van der Waals surface area contributed by atoms with E-state index in [1.54, 1.807) is 12.1 Å². The van der Waals surface area contributed by atoms with Crippen molar-refractivity contribution in [2.45, 2.75) is 13.8 Å². The zero-order chi connectivity index (χ0) is 20.0. The molecule has 7 nitrogen and oxygen atoms in total. The van der Waals surface area contributed by atoms with Crippen LogP contribution in [0, 0.1) is 31.8 Å². The first-order valence-corrected chi connectivity index (χ1v) is 8.47. The Labute approximate surface area is 161 Å². The van der Waals surface area contributed by atoms with Gasteiger partial charge >= 0.3 is 0 Å². The number of hydrogen-bond donors (Lipinski definition) is 0. The lowest BCUT2D eigenvalue weighted by Crippen LogP contribution is -1.98. The number of methoxy groups -OCH3 is 2. The fraction of sp³-hybridized carbons (Fsp3) is 0.190. The maximum absolute atomic E-state index is 9.43. The summed E-state index contributed by atoms with van der Waals surface area (Å²) in [6, 6.07) is 7.49. The predicted molar refractivity (Wildman–Crippen MR) is 106 cm³/mol. The van der Waals surface area contributed by atoms with Gasteiger partial charge in [0.15, 0.2) is 5.75 Å². The Balaban J connectivity index is 2.36. The lowest BCUT2D eigenvalue weighted by molar-refractivity contribution is 0.345. The molecule has 4 aromatic rings.